The van der Waals surface area contributed by atoms with Crippen LogP contribution in [0.5, 0.6) is 0 Å². The molecule has 27 heavy (non-hydrogen) atoms. The largest absolute Gasteiger partial charge is 0.345 e. The standard InChI is InChI=1S/C21H39NO4S/c1-3-4-5-6-7-8-9-10-11-12-13-14-15-16-17-18-21(23)22(2)19-20-27(24,25)26/h7-8,10-11H,3-6,9,12-20H2,1-2H3,(H,24,25,26)/b8-7+,11-10+. The third kappa shape index (κ3) is 19.4. The van der Waals surface area contributed by atoms with Gasteiger partial charge in [-0.25, -0.2) is 0 Å². The van der Waals surface area contributed by atoms with E-state index in [0.29, 0.717) is 6.42 Å². The summed E-state index contributed by atoms with van der Waals surface area (Å²) in [5.74, 6) is -0.471. The van der Waals surface area contributed by atoms with E-state index >= 15 is 0 Å². The average Bonchev–Trinajstić information content (AvgIpc) is 2.62. The molecule has 0 bridgehead atoms. The number of hydrogen-bond donors (Lipinski definition) is 1. The van der Waals surface area contributed by atoms with Crippen LogP contribution in [0.25, 0.3) is 0 Å². The number of unbranched alkanes of at least 4 members (excludes halogenated alkanes) is 8. The van der Waals surface area contributed by atoms with E-state index in [4.69, 9.17) is 4.55 Å². The summed E-state index contributed by atoms with van der Waals surface area (Å²) >= 11 is 0. The van der Waals surface area contributed by atoms with Crippen molar-refractivity contribution in [2.75, 3.05) is 19.3 Å². The summed E-state index contributed by atoms with van der Waals surface area (Å²) in [6, 6.07) is 0. The van der Waals surface area contributed by atoms with Gasteiger partial charge in [0.1, 0.15) is 0 Å². The Morgan fingerprint density at radius 1 is 0.889 bits per heavy atom. The van der Waals surface area contributed by atoms with Gasteiger partial charge in [0.2, 0.25) is 5.91 Å². The molecule has 1 amide bonds. The second-order valence-electron chi connectivity index (χ2n) is 7.08. The fourth-order valence-electron chi connectivity index (χ4n) is 2.66. The minimum atomic E-state index is -4.01. The van der Waals surface area contributed by atoms with Crippen molar-refractivity contribution in [2.24, 2.45) is 0 Å². The first-order chi connectivity index (χ1) is 12.9. The van der Waals surface area contributed by atoms with E-state index in [1.54, 1.807) is 7.05 Å². The maximum absolute atomic E-state index is 11.8. The molecular weight excluding hydrogens is 362 g/mol. The highest BCUT2D eigenvalue weighted by Gasteiger charge is 2.12. The number of amides is 1. The van der Waals surface area contributed by atoms with E-state index in [1.807, 2.05) is 0 Å². The van der Waals surface area contributed by atoms with Crippen LogP contribution >= 0.6 is 0 Å². The second-order valence-corrected chi connectivity index (χ2v) is 8.65. The van der Waals surface area contributed by atoms with Gasteiger partial charge in [0.05, 0.1) is 5.75 Å². The summed E-state index contributed by atoms with van der Waals surface area (Å²) in [4.78, 5) is 13.2. The quantitative estimate of drug-likeness (QED) is 0.208. The molecule has 5 nitrogen and oxygen atoms in total. The highest BCUT2D eigenvalue weighted by molar-refractivity contribution is 7.85. The lowest BCUT2D eigenvalue weighted by Crippen LogP contribution is -2.31. The van der Waals surface area contributed by atoms with Crippen LogP contribution in [-0.4, -0.2) is 43.1 Å². The minimum Gasteiger partial charge on any atom is -0.345 e. The van der Waals surface area contributed by atoms with Gasteiger partial charge in [0.15, 0.2) is 0 Å². The van der Waals surface area contributed by atoms with E-state index in [0.717, 1.165) is 32.1 Å². The summed E-state index contributed by atoms with van der Waals surface area (Å²) in [6.07, 6.45) is 22.0. The molecule has 0 saturated heterocycles. The molecule has 0 radical (unpaired) electrons. The molecule has 0 aliphatic heterocycles. The fraction of sp³-hybridized carbons (Fsp3) is 0.762. The highest BCUT2D eigenvalue weighted by Crippen LogP contribution is 2.09. The van der Waals surface area contributed by atoms with Crippen LogP contribution in [-0.2, 0) is 14.9 Å². The molecule has 0 aromatic carbocycles. The van der Waals surface area contributed by atoms with Gasteiger partial charge in [0, 0.05) is 20.0 Å². The normalized spacial score (nSPS) is 12.3. The van der Waals surface area contributed by atoms with Crippen LogP contribution in [0.15, 0.2) is 24.3 Å². The van der Waals surface area contributed by atoms with Crippen molar-refractivity contribution in [3.63, 3.8) is 0 Å². The minimum absolute atomic E-state index is 0.0396. The molecule has 0 aliphatic rings. The molecule has 0 unspecified atom stereocenters. The predicted octanol–water partition coefficient (Wildman–Crippen LogP) is 5.15. The Morgan fingerprint density at radius 3 is 2.04 bits per heavy atom. The summed E-state index contributed by atoms with van der Waals surface area (Å²) in [7, 11) is -2.44. The Morgan fingerprint density at radius 2 is 1.44 bits per heavy atom. The van der Waals surface area contributed by atoms with Crippen molar-refractivity contribution in [3.8, 4) is 0 Å². The summed E-state index contributed by atoms with van der Waals surface area (Å²) in [5, 5.41) is 0. The van der Waals surface area contributed by atoms with Crippen LogP contribution in [0.3, 0.4) is 0 Å². The molecule has 0 rings (SSSR count). The first-order valence-corrected chi connectivity index (χ1v) is 12.0. The van der Waals surface area contributed by atoms with Crippen molar-refractivity contribution in [3.05, 3.63) is 24.3 Å². The molecule has 0 spiro atoms. The van der Waals surface area contributed by atoms with Gasteiger partial charge in [0.25, 0.3) is 10.1 Å². The van der Waals surface area contributed by atoms with Crippen LogP contribution < -0.4 is 0 Å². The molecule has 0 fully saturated rings. The Bertz CT molecular complexity index is 526. The van der Waals surface area contributed by atoms with Crippen molar-refractivity contribution in [1.29, 1.82) is 0 Å². The molecule has 6 heteroatoms. The van der Waals surface area contributed by atoms with Crippen LogP contribution in [0.1, 0.15) is 84.0 Å². The first kappa shape index (κ1) is 25.9. The second kappa shape index (κ2) is 17.0. The molecule has 0 atom stereocenters. The summed E-state index contributed by atoms with van der Waals surface area (Å²) in [5.41, 5.74) is 0. The van der Waals surface area contributed by atoms with Gasteiger partial charge in [-0.05, 0) is 38.5 Å². The lowest BCUT2D eigenvalue weighted by molar-refractivity contribution is -0.129. The number of carbonyl (C=O) groups excluding carboxylic acids is 1. The van der Waals surface area contributed by atoms with Gasteiger partial charge >= 0.3 is 0 Å². The third-order valence-corrected chi connectivity index (χ3v) is 5.15. The summed E-state index contributed by atoms with van der Waals surface area (Å²) < 4.78 is 30.0. The maximum Gasteiger partial charge on any atom is 0.266 e. The van der Waals surface area contributed by atoms with E-state index < -0.39 is 15.9 Å². The molecule has 0 aromatic rings. The number of nitrogens with zero attached hydrogens (tertiary/aromatic N) is 1. The van der Waals surface area contributed by atoms with Gasteiger partial charge in [-0.3, -0.25) is 9.35 Å². The van der Waals surface area contributed by atoms with Crippen LogP contribution in [0, 0.1) is 0 Å². The van der Waals surface area contributed by atoms with Gasteiger partial charge in [-0.1, -0.05) is 63.3 Å². The monoisotopic (exact) mass is 401 g/mol. The van der Waals surface area contributed by atoms with E-state index in [9.17, 15) is 13.2 Å². The molecule has 1 N–H and O–H groups in total. The molecule has 0 aliphatic carbocycles. The van der Waals surface area contributed by atoms with Crippen LogP contribution in [0.2, 0.25) is 0 Å². The number of hydrogen-bond acceptors (Lipinski definition) is 3. The van der Waals surface area contributed by atoms with E-state index in [2.05, 4.69) is 31.2 Å². The highest BCUT2D eigenvalue weighted by atomic mass is 32.2. The van der Waals surface area contributed by atoms with Crippen molar-refractivity contribution < 1.29 is 17.8 Å². The topological polar surface area (TPSA) is 74.7 Å². The zero-order valence-corrected chi connectivity index (χ0v) is 18.1. The molecule has 0 saturated carbocycles. The summed E-state index contributed by atoms with van der Waals surface area (Å²) in [6.45, 7) is 2.26. The SMILES string of the molecule is CCCCC/C=C/C/C=C/CCCCCCCC(=O)N(C)CCS(=O)(=O)O. The lowest BCUT2D eigenvalue weighted by atomic mass is 10.1. The molecule has 0 heterocycles. The number of allylic oxidation sites excluding steroid dienone is 4. The molecule has 0 aromatic heterocycles. The zero-order chi connectivity index (χ0) is 20.4. The molecule has 158 valence electrons. The number of carbonyl (C=O) groups is 1. The Balaban J connectivity index is 3.48. The van der Waals surface area contributed by atoms with E-state index in [-0.39, 0.29) is 12.5 Å². The Kier molecular flexibility index (Phi) is 16.3. The van der Waals surface area contributed by atoms with Crippen molar-refractivity contribution >= 4 is 16.0 Å². The van der Waals surface area contributed by atoms with Gasteiger partial charge in [-0.2, -0.15) is 8.42 Å². The van der Waals surface area contributed by atoms with Gasteiger partial charge < -0.3 is 4.90 Å². The predicted molar refractivity (Wildman–Crippen MR) is 113 cm³/mol. The fourth-order valence-corrected chi connectivity index (χ4v) is 3.16. The van der Waals surface area contributed by atoms with E-state index in [1.165, 1.54) is 43.4 Å². The van der Waals surface area contributed by atoms with Crippen molar-refractivity contribution in [1.82, 2.24) is 4.90 Å². The molecular formula is C21H39NO4S. The third-order valence-electron chi connectivity index (χ3n) is 4.45. The van der Waals surface area contributed by atoms with Crippen LogP contribution in [0.4, 0.5) is 0 Å². The zero-order valence-electron chi connectivity index (χ0n) is 17.2. The maximum atomic E-state index is 11.8. The number of rotatable bonds is 17. The van der Waals surface area contributed by atoms with Crippen molar-refractivity contribution in [2.45, 2.75) is 84.0 Å². The Labute approximate surface area is 166 Å². The smallest absolute Gasteiger partial charge is 0.266 e. The first-order valence-electron chi connectivity index (χ1n) is 10.4. The average molecular weight is 402 g/mol. The Hall–Kier alpha value is -1.14. The lowest BCUT2D eigenvalue weighted by Gasteiger charge is -2.16. The van der Waals surface area contributed by atoms with Gasteiger partial charge in [-0.15, -0.1) is 0 Å².